The van der Waals surface area contributed by atoms with Crippen molar-refractivity contribution in [3.05, 3.63) is 102 Å². The molecule has 0 bridgehead atoms. The summed E-state index contributed by atoms with van der Waals surface area (Å²) >= 11 is 0. The van der Waals surface area contributed by atoms with E-state index in [2.05, 4.69) is 65.6 Å². The standard InChI is InChI=1S/C27H33NO3/c1-27(2,29)26(18-22-14-16-25(17-15-22)31-21-30-3)28(19-23-10-6-4-7-11-23)20-24-12-8-5-9-13-24/h4-17,26,29H,18-21H2,1-3H3. The van der Waals surface area contributed by atoms with Crippen molar-refractivity contribution in [3.8, 4) is 5.75 Å². The second-order valence-corrected chi connectivity index (χ2v) is 8.44. The topological polar surface area (TPSA) is 41.9 Å². The molecule has 31 heavy (non-hydrogen) atoms. The highest BCUT2D eigenvalue weighted by Crippen LogP contribution is 2.25. The Kier molecular flexibility index (Phi) is 8.24. The Labute approximate surface area is 186 Å². The Morgan fingerprint density at radius 1 is 0.774 bits per heavy atom. The van der Waals surface area contributed by atoms with Crippen LogP contribution in [0.3, 0.4) is 0 Å². The summed E-state index contributed by atoms with van der Waals surface area (Å²) in [7, 11) is 1.61. The molecule has 0 aliphatic heterocycles. The molecule has 0 saturated carbocycles. The van der Waals surface area contributed by atoms with E-state index in [4.69, 9.17) is 9.47 Å². The van der Waals surface area contributed by atoms with Gasteiger partial charge in [0.05, 0.1) is 5.60 Å². The maximum absolute atomic E-state index is 11.2. The van der Waals surface area contributed by atoms with Crippen LogP contribution < -0.4 is 4.74 Å². The van der Waals surface area contributed by atoms with E-state index in [1.165, 1.54) is 11.1 Å². The Morgan fingerprint density at radius 2 is 1.29 bits per heavy atom. The van der Waals surface area contributed by atoms with Gasteiger partial charge in [0.1, 0.15) is 5.75 Å². The predicted octanol–water partition coefficient (Wildman–Crippen LogP) is 5.05. The van der Waals surface area contributed by atoms with Crippen molar-refractivity contribution >= 4 is 0 Å². The number of hydrogen-bond donors (Lipinski definition) is 1. The minimum absolute atomic E-state index is 0.0707. The predicted molar refractivity (Wildman–Crippen MR) is 125 cm³/mol. The van der Waals surface area contributed by atoms with Gasteiger partial charge < -0.3 is 14.6 Å². The molecule has 0 heterocycles. The maximum atomic E-state index is 11.2. The molecule has 3 aromatic rings. The van der Waals surface area contributed by atoms with Crippen molar-refractivity contribution in [1.29, 1.82) is 0 Å². The van der Waals surface area contributed by atoms with Crippen molar-refractivity contribution < 1.29 is 14.6 Å². The molecule has 1 unspecified atom stereocenters. The molecule has 0 saturated heterocycles. The Bertz CT molecular complexity index is 848. The quantitative estimate of drug-likeness (QED) is 0.442. The molecule has 164 valence electrons. The number of benzene rings is 3. The molecule has 0 aliphatic rings. The molecule has 4 heteroatoms. The molecule has 0 aromatic heterocycles. The van der Waals surface area contributed by atoms with Gasteiger partial charge in [0, 0.05) is 26.2 Å². The van der Waals surface area contributed by atoms with Crippen molar-refractivity contribution in [1.82, 2.24) is 4.90 Å². The smallest absolute Gasteiger partial charge is 0.188 e. The van der Waals surface area contributed by atoms with Crippen LogP contribution in [0.5, 0.6) is 5.75 Å². The summed E-state index contributed by atoms with van der Waals surface area (Å²) in [5.74, 6) is 0.774. The summed E-state index contributed by atoms with van der Waals surface area (Å²) in [4.78, 5) is 2.38. The van der Waals surface area contributed by atoms with Crippen LogP contribution >= 0.6 is 0 Å². The summed E-state index contributed by atoms with van der Waals surface area (Å²) in [5.41, 5.74) is 2.74. The van der Waals surface area contributed by atoms with Gasteiger partial charge in [-0.1, -0.05) is 72.8 Å². The first-order chi connectivity index (χ1) is 15.0. The van der Waals surface area contributed by atoms with Crippen LogP contribution in [0.15, 0.2) is 84.9 Å². The fourth-order valence-electron chi connectivity index (χ4n) is 3.81. The number of aliphatic hydroxyl groups is 1. The molecule has 3 aromatic carbocycles. The monoisotopic (exact) mass is 419 g/mol. The Balaban J connectivity index is 1.85. The van der Waals surface area contributed by atoms with E-state index in [-0.39, 0.29) is 12.8 Å². The highest BCUT2D eigenvalue weighted by atomic mass is 16.7. The molecule has 1 atom stereocenters. The van der Waals surface area contributed by atoms with E-state index in [1.54, 1.807) is 7.11 Å². The molecule has 0 aliphatic carbocycles. The molecular formula is C27H33NO3. The van der Waals surface area contributed by atoms with Crippen LogP contribution in [0.25, 0.3) is 0 Å². The largest absolute Gasteiger partial charge is 0.468 e. The van der Waals surface area contributed by atoms with Crippen molar-refractivity contribution in [2.45, 2.75) is 45.0 Å². The molecule has 3 rings (SSSR count). The third-order valence-electron chi connectivity index (χ3n) is 5.41. The number of hydrogen-bond acceptors (Lipinski definition) is 4. The highest BCUT2D eigenvalue weighted by molar-refractivity contribution is 5.28. The third kappa shape index (κ3) is 7.21. The van der Waals surface area contributed by atoms with Gasteiger partial charge >= 0.3 is 0 Å². The van der Waals surface area contributed by atoms with Crippen LogP contribution in [0.4, 0.5) is 0 Å². The molecule has 0 spiro atoms. The molecular weight excluding hydrogens is 386 g/mol. The van der Waals surface area contributed by atoms with Gasteiger partial charge in [0.15, 0.2) is 6.79 Å². The second kappa shape index (κ2) is 11.1. The zero-order valence-electron chi connectivity index (χ0n) is 18.7. The van der Waals surface area contributed by atoms with Gasteiger partial charge in [-0.05, 0) is 49.1 Å². The van der Waals surface area contributed by atoms with Crippen LogP contribution in [0.2, 0.25) is 0 Å². The summed E-state index contributed by atoms with van der Waals surface area (Å²) < 4.78 is 10.5. The van der Waals surface area contributed by atoms with E-state index < -0.39 is 5.60 Å². The molecule has 0 amide bonds. The number of rotatable bonds is 11. The summed E-state index contributed by atoms with van der Waals surface area (Å²) in [6, 6.07) is 28.8. The van der Waals surface area contributed by atoms with Crippen molar-refractivity contribution in [3.63, 3.8) is 0 Å². The van der Waals surface area contributed by atoms with Crippen LogP contribution in [0, 0.1) is 0 Å². The molecule has 4 nitrogen and oxygen atoms in total. The number of methoxy groups -OCH3 is 1. The average Bonchev–Trinajstić information content (AvgIpc) is 2.77. The first kappa shape index (κ1) is 23.0. The summed E-state index contributed by atoms with van der Waals surface area (Å²) in [6.45, 7) is 5.56. The fourth-order valence-corrected chi connectivity index (χ4v) is 3.81. The van der Waals surface area contributed by atoms with Gasteiger partial charge in [0.2, 0.25) is 0 Å². The Morgan fingerprint density at radius 3 is 1.74 bits per heavy atom. The SMILES string of the molecule is COCOc1ccc(CC(N(Cc2ccccc2)Cc2ccccc2)C(C)(C)O)cc1. The lowest BCUT2D eigenvalue weighted by Gasteiger charge is -2.39. The lowest BCUT2D eigenvalue weighted by Crippen LogP contribution is -2.50. The van der Waals surface area contributed by atoms with E-state index in [1.807, 2.05) is 38.1 Å². The van der Waals surface area contributed by atoms with Crippen LogP contribution in [-0.4, -0.2) is 35.6 Å². The van der Waals surface area contributed by atoms with Gasteiger partial charge in [-0.15, -0.1) is 0 Å². The highest BCUT2D eigenvalue weighted by Gasteiger charge is 2.32. The minimum Gasteiger partial charge on any atom is -0.468 e. The normalized spacial score (nSPS) is 12.7. The van der Waals surface area contributed by atoms with Crippen molar-refractivity contribution in [2.24, 2.45) is 0 Å². The zero-order chi connectivity index (χ0) is 22.1. The summed E-state index contributed by atoms with van der Waals surface area (Å²) in [5, 5.41) is 11.2. The lowest BCUT2D eigenvalue weighted by molar-refractivity contribution is -0.0268. The van der Waals surface area contributed by atoms with E-state index >= 15 is 0 Å². The van der Waals surface area contributed by atoms with Gasteiger partial charge in [-0.3, -0.25) is 4.90 Å². The third-order valence-corrected chi connectivity index (χ3v) is 5.41. The van der Waals surface area contributed by atoms with E-state index in [0.717, 1.165) is 30.8 Å². The first-order valence-electron chi connectivity index (χ1n) is 10.7. The first-order valence-corrected chi connectivity index (χ1v) is 10.7. The molecule has 0 fully saturated rings. The summed E-state index contributed by atoms with van der Waals surface area (Å²) in [6.07, 6.45) is 0.730. The van der Waals surface area contributed by atoms with Crippen LogP contribution in [0.1, 0.15) is 30.5 Å². The number of ether oxygens (including phenoxy) is 2. The minimum atomic E-state index is -0.880. The van der Waals surface area contributed by atoms with Gasteiger partial charge in [-0.25, -0.2) is 0 Å². The second-order valence-electron chi connectivity index (χ2n) is 8.44. The van der Waals surface area contributed by atoms with E-state index in [9.17, 15) is 5.11 Å². The maximum Gasteiger partial charge on any atom is 0.188 e. The van der Waals surface area contributed by atoms with E-state index in [0.29, 0.717) is 0 Å². The molecule has 1 N–H and O–H groups in total. The van der Waals surface area contributed by atoms with Gasteiger partial charge in [0.25, 0.3) is 0 Å². The van der Waals surface area contributed by atoms with Crippen LogP contribution in [-0.2, 0) is 24.2 Å². The zero-order valence-corrected chi connectivity index (χ0v) is 18.7. The Hall–Kier alpha value is -2.66. The lowest BCUT2D eigenvalue weighted by atomic mass is 9.90. The average molecular weight is 420 g/mol. The number of nitrogens with zero attached hydrogens (tertiary/aromatic N) is 1. The van der Waals surface area contributed by atoms with Crippen molar-refractivity contribution in [2.75, 3.05) is 13.9 Å². The van der Waals surface area contributed by atoms with Gasteiger partial charge in [-0.2, -0.15) is 0 Å². The molecule has 0 radical (unpaired) electrons. The fraction of sp³-hybridized carbons (Fsp3) is 0.333.